The van der Waals surface area contributed by atoms with Crippen molar-refractivity contribution >= 4 is 16.3 Å². The van der Waals surface area contributed by atoms with Crippen LogP contribution in [0.25, 0.3) is 27.5 Å². The van der Waals surface area contributed by atoms with Crippen LogP contribution in [0, 0.1) is 0 Å². The Kier molecular flexibility index (Phi) is 3.68. The van der Waals surface area contributed by atoms with Crippen molar-refractivity contribution < 1.29 is 9.84 Å². The molecule has 4 aromatic rings. The van der Waals surface area contributed by atoms with E-state index in [4.69, 9.17) is 4.74 Å². The van der Waals surface area contributed by atoms with E-state index >= 15 is 0 Å². The Morgan fingerprint density at radius 3 is 2.33 bits per heavy atom. The van der Waals surface area contributed by atoms with Crippen molar-refractivity contribution in [2.75, 3.05) is 6.61 Å². The van der Waals surface area contributed by atoms with Crippen LogP contribution in [0.4, 0.5) is 0 Å². The maximum atomic E-state index is 12.1. The Morgan fingerprint density at radius 2 is 1.53 bits per heavy atom. The van der Waals surface area contributed by atoms with Crippen molar-refractivity contribution in [2.45, 2.75) is 18.9 Å². The van der Waals surface area contributed by atoms with Crippen molar-refractivity contribution in [3.05, 3.63) is 107 Å². The maximum Gasteiger partial charge on any atom is 0.135 e. The Bertz CT molecular complexity index is 1330. The van der Waals surface area contributed by atoms with E-state index in [2.05, 4.69) is 79.7 Å². The van der Waals surface area contributed by atoms with Crippen molar-refractivity contribution in [3.8, 4) is 16.9 Å². The number of hydrogen-bond donors (Lipinski definition) is 1. The van der Waals surface area contributed by atoms with Gasteiger partial charge in [-0.25, -0.2) is 0 Å². The van der Waals surface area contributed by atoms with Crippen LogP contribution in [0.5, 0.6) is 5.75 Å². The molecule has 0 fully saturated rings. The highest BCUT2D eigenvalue weighted by atomic mass is 16.5. The highest BCUT2D eigenvalue weighted by Crippen LogP contribution is 2.58. The van der Waals surface area contributed by atoms with Crippen LogP contribution in [0.15, 0.2) is 84.9 Å². The number of benzene rings is 4. The molecule has 1 atom stereocenters. The quantitative estimate of drug-likeness (QED) is 0.436. The standard InChI is InChI=1S/C28H22O2/c1-2-28(29)23-15-9-8-14-22(23)24-20-12-6-7-13-21(20)27-25(26(24)28)19(16-17-30-27)18-10-4-3-5-11-18/h3-16,29H,2,17H2,1H3. The molecule has 0 radical (unpaired) electrons. The number of rotatable bonds is 2. The lowest BCUT2D eigenvalue weighted by atomic mass is 9.80. The van der Waals surface area contributed by atoms with E-state index in [1.54, 1.807) is 0 Å². The second-order valence-electron chi connectivity index (χ2n) is 8.05. The third-order valence-corrected chi connectivity index (χ3v) is 6.60. The van der Waals surface area contributed by atoms with E-state index in [0.717, 1.165) is 55.5 Å². The molecule has 2 aliphatic rings. The topological polar surface area (TPSA) is 29.5 Å². The number of hydrogen-bond acceptors (Lipinski definition) is 2. The molecule has 1 aliphatic heterocycles. The maximum absolute atomic E-state index is 12.1. The van der Waals surface area contributed by atoms with Crippen LogP contribution >= 0.6 is 0 Å². The highest BCUT2D eigenvalue weighted by Gasteiger charge is 2.45. The monoisotopic (exact) mass is 390 g/mol. The molecule has 0 spiro atoms. The molecule has 30 heavy (non-hydrogen) atoms. The number of aliphatic hydroxyl groups is 1. The lowest BCUT2D eigenvalue weighted by Crippen LogP contribution is -2.26. The van der Waals surface area contributed by atoms with Crippen molar-refractivity contribution in [1.29, 1.82) is 0 Å². The van der Waals surface area contributed by atoms with Gasteiger partial charge in [0, 0.05) is 16.5 Å². The fourth-order valence-corrected chi connectivity index (χ4v) is 5.26. The van der Waals surface area contributed by atoms with E-state index in [0.29, 0.717) is 13.0 Å². The van der Waals surface area contributed by atoms with E-state index < -0.39 is 5.60 Å². The van der Waals surface area contributed by atoms with Crippen LogP contribution < -0.4 is 4.74 Å². The summed E-state index contributed by atoms with van der Waals surface area (Å²) in [5.74, 6) is 0.880. The molecule has 6 rings (SSSR count). The first-order chi connectivity index (χ1) is 14.7. The Hall–Kier alpha value is -3.36. The average molecular weight is 390 g/mol. The van der Waals surface area contributed by atoms with E-state index in [1.165, 1.54) is 0 Å². The van der Waals surface area contributed by atoms with Gasteiger partial charge in [-0.1, -0.05) is 85.8 Å². The summed E-state index contributed by atoms with van der Waals surface area (Å²) in [7, 11) is 0. The van der Waals surface area contributed by atoms with Gasteiger partial charge in [0.1, 0.15) is 18.0 Å². The fourth-order valence-electron chi connectivity index (χ4n) is 5.26. The number of ether oxygens (including phenoxy) is 1. The van der Waals surface area contributed by atoms with Crippen LogP contribution in [-0.4, -0.2) is 11.7 Å². The zero-order valence-corrected chi connectivity index (χ0v) is 16.9. The fraction of sp³-hybridized carbons (Fsp3) is 0.143. The normalized spacial score (nSPS) is 18.9. The van der Waals surface area contributed by atoms with Crippen molar-refractivity contribution in [2.24, 2.45) is 0 Å². The molecule has 0 amide bonds. The van der Waals surface area contributed by atoms with Gasteiger partial charge >= 0.3 is 0 Å². The summed E-state index contributed by atoms with van der Waals surface area (Å²) in [6.45, 7) is 2.58. The summed E-state index contributed by atoms with van der Waals surface area (Å²) >= 11 is 0. The van der Waals surface area contributed by atoms with E-state index in [9.17, 15) is 5.11 Å². The molecule has 0 bridgehead atoms. The largest absolute Gasteiger partial charge is 0.488 e. The Labute approximate surface area is 176 Å². The van der Waals surface area contributed by atoms with E-state index in [1.807, 2.05) is 12.1 Å². The highest BCUT2D eigenvalue weighted by molar-refractivity contribution is 6.10. The summed E-state index contributed by atoms with van der Waals surface area (Å²) in [5.41, 5.74) is 6.49. The van der Waals surface area contributed by atoms with Gasteiger partial charge < -0.3 is 9.84 Å². The second kappa shape index (κ2) is 6.32. The molecule has 2 heteroatoms. The Morgan fingerprint density at radius 1 is 0.833 bits per heavy atom. The third kappa shape index (κ3) is 2.17. The smallest absolute Gasteiger partial charge is 0.135 e. The van der Waals surface area contributed by atoms with Gasteiger partial charge in [-0.05, 0) is 45.7 Å². The van der Waals surface area contributed by atoms with Crippen LogP contribution in [0.3, 0.4) is 0 Å². The summed E-state index contributed by atoms with van der Waals surface area (Å²) < 4.78 is 6.26. The SMILES string of the molecule is CCC1(O)c2ccccc2-c2c1c1c(c3ccccc23)OCC=C1c1ccccc1. The van der Waals surface area contributed by atoms with Crippen LogP contribution in [-0.2, 0) is 5.60 Å². The van der Waals surface area contributed by atoms with Gasteiger partial charge in [-0.2, -0.15) is 0 Å². The van der Waals surface area contributed by atoms with Crippen molar-refractivity contribution in [1.82, 2.24) is 0 Å². The summed E-state index contributed by atoms with van der Waals surface area (Å²) in [4.78, 5) is 0. The van der Waals surface area contributed by atoms with Crippen molar-refractivity contribution in [3.63, 3.8) is 0 Å². The second-order valence-corrected chi connectivity index (χ2v) is 8.05. The summed E-state index contributed by atoms with van der Waals surface area (Å²) in [6.07, 6.45) is 2.75. The molecule has 1 unspecified atom stereocenters. The van der Waals surface area contributed by atoms with Gasteiger partial charge in [0.25, 0.3) is 0 Å². The lowest BCUT2D eigenvalue weighted by Gasteiger charge is -2.31. The average Bonchev–Trinajstić information content (AvgIpc) is 3.09. The molecule has 1 N–H and O–H groups in total. The zero-order chi connectivity index (χ0) is 20.3. The predicted molar refractivity (Wildman–Crippen MR) is 122 cm³/mol. The van der Waals surface area contributed by atoms with Gasteiger partial charge in [-0.15, -0.1) is 0 Å². The zero-order valence-electron chi connectivity index (χ0n) is 16.9. The minimum absolute atomic E-state index is 0.525. The molecule has 146 valence electrons. The first kappa shape index (κ1) is 17.5. The first-order valence-corrected chi connectivity index (χ1v) is 10.5. The molecular formula is C28H22O2. The van der Waals surface area contributed by atoms with Crippen LogP contribution in [0.1, 0.15) is 35.6 Å². The molecule has 2 nitrogen and oxygen atoms in total. The molecule has 0 saturated carbocycles. The minimum Gasteiger partial charge on any atom is -0.488 e. The Balaban J connectivity index is 1.82. The third-order valence-electron chi connectivity index (χ3n) is 6.60. The van der Waals surface area contributed by atoms with Gasteiger partial charge in [-0.3, -0.25) is 0 Å². The first-order valence-electron chi connectivity index (χ1n) is 10.5. The van der Waals surface area contributed by atoms with Gasteiger partial charge in [0.05, 0.1) is 0 Å². The molecule has 0 saturated heterocycles. The molecular weight excluding hydrogens is 368 g/mol. The lowest BCUT2D eigenvalue weighted by molar-refractivity contribution is 0.0808. The minimum atomic E-state index is -1.05. The van der Waals surface area contributed by atoms with Gasteiger partial charge in [0.2, 0.25) is 0 Å². The predicted octanol–water partition coefficient (Wildman–Crippen LogP) is 6.29. The van der Waals surface area contributed by atoms with Crippen LogP contribution in [0.2, 0.25) is 0 Å². The number of fused-ring (bicyclic) bond motifs is 8. The molecule has 0 aromatic heterocycles. The summed E-state index contributed by atoms with van der Waals surface area (Å²) in [5, 5.41) is 14.3. The molecule has 1 heterocycles. The molecule has 4 aromatic carbocycles. The van der Waals surface area contributed by atoms with E-state index in [-0.39, 0.29) is 0 Å². The molecule has 1 aliphatic carbocycles. The van der Waals surface area contributed by atoms with Gasteiger partial charge in [0.15, 0.2) is 0 Å². The summed E-state index contributed by atoms with van der Waals surface area (Å²) in [6, 6.07) is 27.1.